The Hall–Kier alpha value is -1.13. The molecule has 20 heavy (non-hydrogen) atoms. The largest absolute Gasteiger partial charge is 0.392 e. The lowest BCUT2D eigenvalue weighted by Gasteiger charge is -2.37. The molecule has 1 saturated heterocycles. The van der Waals surface area contributed by atoms with E-state index < -0.39 is 0 Å². The van der Waals surface area contributed by atoms with Crippen LogP contribution in [-0.4, -0.2) is 41.4 Å². The van der Waals surface area contributed by atoms with Gasteiger partial charge in [0.1, 0.15) is 5.82 Å². The second kappa shape index (κ2) is 6.55. The van der Waals surface area contributed by atoms with Crippen LogP contribution in [0.1, 0.15) is 38.5 Å². The van der Waals surface area contributed by atoms with Crippen LogP contribution in [0, 0.1) is 0 Å². The second-order valence-corrected chi connectivity index (χ2v) is 6.07. The predicted octanol–water partition coefficient (Wildman–Crippen LogP) is 1.94. The molecule has 4 nitrogen and oxygen atoms in total. The molecule has 0 unspecified atom stereocenters. The van der Waals surface area contributed by atoms with Crippen LogP contribution in [0.15, 0.2) is 24.4 Å². The van der Waals surface area contributed by atoms with Crippen molar-refractivity contribution in [2.24, 2.45) is 0 Å². The monoisotopic (exact) mass is 275 g/mol. The maximum Gasteiger partial charge on any atom is 0.128 e. The molecule has 2 fully saturated rings. The lowest BCUT2D eigenvalue weighted by Crippen LogP contribution is -2.51. The fourth-order valence-corrected chi connectivity index (χ4v) is 3.42. The van der Waals surface area contributed by atoms with Crippen molar-refractivity contribution in [1.29, 1.82) is 0 Å². The summed E-state index contributed by atoms with van der Waals surface area (Å²) < 4.78 is 0. The minimum Gasteiger partial charge on any atom is -0.392 e. The zero-order valence-electron chi connectivity index (χ0n) is 12.0. The van der Waals surface area contributed by atoms with Gasteiger partial charge in [0.2, 0.25) is 0 Å². The number of rotatable bonds is 3. The normalized spacial score (nSPS) is 28.6. The molecule has 110 valence electrons. The molecule has 1 saturated carbocycles. The molecule has 0 amide bonds. The molecule has 3 rings (SSSR count). The first-order valence-corrected chi connectivity index (χ1v) is 7.93. The van der Waals surface area contributed by atoms with Crippen LogP contribution in [-0.2, 0) is 0 Å². The number of aromatic nitrogens is 1. The number of nitrogens with zero attached hydrogens (tertiary/aromatic N) is 2. The van der Waals surface area contributed by atoms with Crippen LogP contribution >= 0.6 is 0 Å². The van der Waals surface area contributed by atoms with Crippen LogP contribution in [0.25, 0.3) is 0 Å². The number of piperidine rings is 1. The van der Waals surface area contributed by atoms with Gasteiger partial charge in [0.15, 0.2) is 0 Å². The third-order valence-corrected chi connectivity index (χ3v) is 4.65. The molecule has 1 aliphatic heterocycles. The van der Waals surface area contributed by atoms with E-state index in [9.17, 15) is 5.11 Å². The van der Waals surface area contributed by atoms with Gasteiger partial charge in [0.25, 0.3) is 0 Å². The van der Waals surface area contributed by atoms with E-state index in [4.69, 9.17) is 0 Å². The molecule has 1 aromatic rings. The van der Waals surface area contributed by atoms with Crippen molar-refractivity contribution < 1.29 is 5.11 Å². The van der Waals surface area contributed by atoms with Gasteiger partial charge < -0.3 is 15.3 Å². The molecule has 1 aromatic heterocycles. The van der Waals surface area contributed by atoms with Gasteiger partial charge in [-0.2, -0.15) is 0 Å². The highest BCUT2D eigenvalue weighted by Gasteiger charge is 2.27. The number of hydrogen-bond acceptors (Lipinski definition) is 4. The van der Waals surface area contributed by atoms with E-state index in [2.05, 4.69) is 21.3 Å². The van der Waals surface area contributed by atoms with Crippen molar-refractivity contribution >= 4 is 5.82 Å². The third kappa shape index (κ3) is 3.30. The Morgan fingerprint density at radius 1 is 1.10 bits per heavy atom. The minimum atomic E-state index is -0.141. The topological polar surface area (TPSA) is 48.4 Å². The molecule has 4 heteroatoms. The van der Waals surface area contributed by atoms with Crippen molar-refractivity contribution in [3.63, 3.8) is 0 Å². The Bertz CT molecular complexity index is 403. The molecule has 2 heterocycles. The van der Waals surface area contributed by atoms with Crippen LogP contribution in [0.5, 0.6) is 0 Å². The number of pyridine rings is 1. The minimum absolute atomic E-state index is 0.141. The molecule has 2 N–H and O–H groups in total. The predicted molar refractivity (Wildman–Crippen MR) is 80.9 cm³/mol. The molecule has 2 atom stereocenters. The Kier molecular flexibility index (Phi) is 4.53. The number of aliphatic hydroxyl groups excluding tert-OH is 1. The lowest BCUT2D eigenvalue weighted by atomic mass is 9.91. The maximum atomic E-state index is 10.0. The van der Waals surface area contributed by atoms with Gasteiger partial charge in [-0.05, 0) is 37.8 Å². The van der Waals surface area contributed by atoms with E-state index in [-0.39, 0.29) is 6.10 Å². The summed E-state index contributed by atoms with van der Waals surface area (Å²) in [6.45, 7) is 2.11. The first-order chi connectivity index (χ1) is 9.83. The Labute approximate surface area is 121 Å². The van der Waals surface area contributed by atoms with Gasteiger partial charge >= 0.3 is 0 Å². The van der Waals surface area contributed by atoms with Gasteiger partial charge in [-0.15, -0.1) is 0 Å². The quantitative estimate of drug-likeness (QED) is 0.885. The van der Waals surface area contributed by atoms with Crippen molar-refractivity contribution in [3.8, 4) is 0 Å². The fraction of sp³-hybridized carbons (Fsp3) is 0.688. The summed E-state index contributed by atoms with van der Waals surface area (Å²) in [7, 11) is 0. The number of anilines is 1. The number of aliphatic hydroxyl groups is 1. The summed E-state index contributed by atoms with van der Waals surface area (Å²) in [5.74, 6) is 1.09. The molecule has 0 radical (unpaired) electrons. The second-order valence-electron chi connectivity index (χ2n) is 6.07. The summed E-state index contributed by atoms with van der Waals surface area (Å²) in [5.41, 5.74) is 0. The lowest BCUT2D eigenvalue weighted by molar-refractivity contribution is 0.0828. The van der Waals surface area contributed by atoms with E-state index >= 15 is 0 Å². The summed E-state index contributed by atoms with van der Waals surface area (Å²) in [6, 6.07) is 6.95. The Morgan fingerprint density at radius 2 is 1.90 bits per heavy atom. The Balaban J connectivity index is 1.49. The smallest absolute Gasteiger partial charge is 0.128 e. The van der Waals surface area contributed by atoms with Crippen LogP contribution in [0.2, 0.25) is 0 Å². The summed E-state index contributed by atoms with van der Waals surface area (Å²) in [6.07, 6.45) is 8.51. The van der Waals surface area contributed by atoms with E-state index in [1.54, 1.807) is 0 Å². The van der Waals surface area contributed by atoms with Gasteiger partial charge in [-0.25, -0.2) is 4.98 Å². The summed E-state index contributed by atoms with van der Waals surface area (Å²) >= 11 is 0. The highest BCUT2D eigenvalue weighted by Crippen LogP contribution is 2.22. The number of hydrogen-bond donors (Lipinski definition) is 2. The first-order valence-electron chi connectivity index (χ1n) is 7.93. The average molecular weight is 275 g/mol. The molecular formula is C16H25N3O. The van der Waals surface area contributed by atoms with E-state index in [1.807, 2.05) is 18.3 Å². The SMILES string of the molecule is O[C@H]1CCCC[C@@H]1NC1CCN(c2ccccn2)CC1. The van der Waals surface area contributed by atoms with E-state index in [0.717, 1.165) is 44.6 Å². The van der Waals surface area contributed by atoms with Crippen molar-refractivity contribution in [1.82, 2.24) is 10.3 Å². The Morgan fingerprint density at radius 3 is 2.60 bits per heavy atom. The van der Waals surface area contributed by atoms with Gasteiger partial charge in [0.05, 0.1) is 6.10 Å². The van der Waals surface area contributed by atoms with Crippen LogP contribution < -0.4 is 10.2 Å². The maximum absolute atomic E-state index is 10.0. The van der Waals surface area contributed by atoms with Gasteiger partial charge in [-0.3, -0.25) is 0 Å². The summed E-state index contributed by atoms with van der Waals surface area (Å²) in [4.78, 5) is 6.78. The van der Waals surface area contributed by atoms with E-state index in [1.165, 1.54) is 12.8 Å². The fourth-order valence-electron chi connectivity index (χ4n) is 3.42. The molecule has 1 aliphatic carbocycles. The molecule has 0 aromatic carbocycles. The summed E-state index contributed by atoms with van der Waals surface area (Å²) in [5, 5.41) is 13.7. The molecule has 0 spiro atoms. The average Bonchev–Trinajstić information content (AvgIpc) is 2.51. The highest BCUT2D eigenvalue weighted by molar-refractivity contribution is 5.38. The van der Waals surface area contributed by atoms with Gasteiger partial charge in [-0.1, -0.05) is 18.9 Å². The molecule has 2 aliphatic rings. The molecule has 0 bridgehead atoms. The molecular weight excluding hydrogens is 250 g/mol. The van der Waals surface area contributed by atoms with Crippen molar-refractivity contribution in [2.45, 2.75) is 56.7 Å². The zero-order valence-corrected chi connectivity index (χ0v) is 12.0. The van der Waals surface area contributed by atoms with Crippen molar-refractivity contribution in [3.05, 3.63) is 24.4 Å². The van der Waals surface area contributed by atoms with Crippen molar-refractivity contribution in [2.75, 3.05) is 18.0 Å². The van der Waals surface area contributed by atoms with Gasteiger partial charge in [0, 0.05) is 31.4 Å². The van der Waals surface area contributed by atoms with Crippen LogP contribution in [0.4, 0.5) is 5.82 Å². The highest BCUT2D eigenvalue weighted by atomic mass is 16.3. The van der Waals surface area contributed by atoms with E-state index in [0.29, 0.717) is 12.1 Å². The van der Waals surface area contributed by atoms with Crippen LogP contribution in [0.3, 0.4) is 0 Å². The standard InChI is InChI=1S/C16H25N3O/c20-15-6-2-1-5-14(15)18-13-8-11-19(12-9-13)16-7-3-4-10-17-16/h3-4,7,10,13-15,18,20H,1-2,5-6,8-9,11-12H2/t14-,15-/m0/s1. The third-order valence-electron chi connectivity index (χ3n) is 4.65. The number of nitrogens with one attached hydrogen (secondary N) is 1. The first kappa shape index (κ1) is 13.8. The zero-order chi connectivity index (χ0) is 13.8.